The van der Waals surface area contributed by atoms with Crippen LogP contribution in [0.2, 0.25) is 0 Å². The van der Waals surface area contributed by atoms with Gasteiger partial charge in [0.1, 0.15) is 0 Å². The number of phenols is 1. The molecule has 2 aromatic heterocycles. The first-order valence-electron chi connectivity index (χ1n) is 8.26. The molecular formula is C20H14F3N3O2. The number of hydrogen-bond acceptors (Lipinski definition) is 4. The van der Waals surface area contributed by atoms with Crippen LogP contribution in [-0.2, 0) is 6.18 Å². The van der Waals surface area contributed by atoms with Gasteiger partial charge in [-0.2, -0.15) is 18.3 Å². The van der Waals surface area contributed by atoms with Gasteiger partial charge in [-0.15, -0.1) is 0 Å². The molecule has 0 bridgehead atoms. The van der Waals surface area contributed by atoms with E-state index in [1.165, 1.54) is 19.2 Å². The Kier molecular flexibility index (Phi) is 4.18. The minimum absolute atomic E-state index is 0.00214. The van der Waals surface area contributed by atoms with Crippen molar-refractivity contribution in [2.75, 3.05) is 7.11 Å². The van der Waals surface area contributed by atoms with Crippen LogP contribution in [0.3, 0.4) is 0 Å². The Morgan fingerprint density at radius 2 is 1.82 bits per heavy atom. The van der Waals surface area contributed by atoms with Gasteiger partial charge in [0.2, 0.25) is 0 Å². The Bertz CT molecular complexity index is 1170. The zero-order valence-electron chi connectivity index (χ0n) is 14.6. The second kappa shape index (κ2) is 6.56. The molecule has 0 unspecified atom stereocenters. The first-order chi connectivity index (χ1) is 13.4. The van der Waals surface area contributed by atoms with Crippen LogP contribution in [0.1, 0.15) is 5.56 Å². The Balaban J connectivity index is 1.83. The number of nitrogens with zero attached hydrogens (tertiary/aromatic N) is 3. The van der Waals surface area contributed by atoms with Crippen molar-refractivity contribution < 1.29 is 23.0 Å². The van der Waals surface area contributed by atoms with Crippen molar-refractivity contribution in [2.24, 2.45) is 0 Å². The average molecular weight is 385 g/mol. The molecule has 4 aromatic rings. The van der Waals surface area contributed by atoms with Crippen LogP contribution < -0.4 is 4.74 Å². The van der Waals surface area contributed by atoms with E-state index < -0.39 is 11.7 Å². The molecule has 28 heavy (non-hydrogen) atoms. The number of aromatic hydroxyl groups is 1. The number of hydrogen-bond donors (Lipinski definition) is 1. The zero-order valence-corrected chi connectivity index (χ0v) is 14.6. The summed E-state index contributed by atoms with van der Waals surface area (Å²) in [6.07, 6.45) is -2.83. The van der Waals surface area contributed by atoms with Gasteiger partial charge < -0.3 is 9.84 Å². The van der Waals surface area contributed by atoms with E-state index in [9.17, 15) is 18.3 Å². The summed E-state index contributed by atoms with van der Waals surface area (Å²) in [6, 6.07) is 13.1. The van der Waals surface area contributed by atoms with E-state index in [4.69, 9.17) is 4.74 Å². The lowest BCUT2D eigenvalue weighted by Gasteiger charge is -2.09. The van der Waals surface area contributed by atoms with Gasteiger partial charge in [0.15, 0.2) is 17.1 Å². The zero-order chi connectivity index (χ0) is 19.9. The number of halogens is 3. The SMILES string of the molecule is COc1cc(-c2cnc3ccc(-c4cccc(C(F)(F)F)c4)nn23)ccc1O. The molecule has 1 N–H and O–H groups in total. The maximum atomic E-state index is 13.0. The Labute approximate surface area is 157 Å². The van der Waals surface area contributed by atoms with Crippen LogP contribution in [-0.4, -0.2) is 26.8 Å². The number of fused-ring (bicyclic) bond motifs is 1. The molecule has 0 atom stereocenters. The summed E-state index contributed by atoms with van der Waals surface area (Å²) in [4.78, 5) is 4.28. The van der Waals surface area contributed by atoms with E-state index in [-0.39, 0.29) is 5.75 Å². The van der Waals surface area contributed by atoms with E-state index in [1.807, 2.05) is 0 Å². The van der Waals surface area contributed by atoms with E-state index in [0.717, 1.165) is 12.1 Å². The third kappa shape index (κ3) is 3.13. The standard InChI is InChI=1S/C20H14F3N3O2/c1-28-18-10-13(5-7-17(18)27)16-11-24-19-8-6-15(25-26(16)19)12-3-2-4-14(9-12)20(21,22)23/h2-11,27H,1H3. The van der Waals surface area contributed by atoms with Crippen LogP contribution in [0, 0.1) is 0 Å². The number of methoxy groups -OCH3 is 1. The first-order valence-corrected chi connectivity index (χ1v) is 8.26. The van der Waals surface area contributed by atoms with Crippen molar-refractivity contribution in [1.82, 2.24) is 14.6 Å². The van der Waals surface area contributed by atoms with Gasteiger partial charge in [-0.05, 0) is 42.5 Å². The van der Waals surface area contributed by atoms with Crippen molar-refractivity contribution in [3.63, 3.8) is 0 Å². The van der Waals surface area contributed by atoms with E-state index in [0.29, 0.717) is 33.9 Å². The number of benzene rings is 2. The largest absolute Gasteiger partial charge is 0.504 e. The Morgan fingerprint density at radius 3 is 2.57 bits per heavy atom. The van der Waals surface area contributed by atoms with Crippen LogP contribution in [0.25, 0.3) is 28.2 Å². The minimum atomic E-state index is -4.43. The minimum Gasteiger partial charge on any atom is -0.504 e. The van der Waals surface area contributed by atoms with Gasteiger partial charge in [-0.25, -0.2) is 9.50 Å². The molecule has 0 fully saturated rings. The summed E-state index contributed by atoms with van der Waals surface area (Å²) in [7, 11) is 1.44. The summed E-state index contributed by atoms with van der Waals surface area (Å²) in [5, 5.41) is 14.2. The molecule has 2 heterocycles. The highest BCUT2D eigenvalue weighted by Gasteiger charge is 2.30. The smallest absolute Gasteiger partial charge is 0.416 e. The predicted octanol–water partition coefficient (Wildman–Crippen LogP) is 4.80. The lowest BCUT2D eigenvalue weighted by atomic mass is 10.1. The van der Waals surface area contributed by atoms with Gasteiger partial charge in [-0.1, -0.05) is 12.1 Å². The van der Waals surface area contributed by atoms with Crippen molar-refractivity contribution in [3.8, 4) is 34.0 Å². The van der Waals surface area contributed by atoms with Crippen LogP contribution >= 0.6 is 0 Å². The molecular weight excluding hydrogens is 371 g/mol. The maximum Gasteiger partial charge on any atom is 0.416 e. The third-order valence-electron chi connectivity index (χ3n) is 4.32. The van der Waals surface area contributed by atoms with Crippen molar-refractivity contribution in [2.45, 2.75) is 6.18 Å². The van der Waals surface area contributed by atoms with E-state index in [2.05, 4.69) is 10.1 Å². The molecule has 142 valence electrons. The third-order valence-corrected chi connectivity index (χ3v) is 4.32. The molecule has 0 spiro atoms. The summed E-state index contributed by atoms with van der Waals surface area (Å²) in [5.41, 5.74) is 1.83. The number of imidazole rings is 1. The van der Waals surface area contributed by atoms with Crippen LogP contribution in [0.4, 0.5) is 13.2 Å². The summed E-state index contributed by atoms with van der Waals surface area (Å²) >= 11 is 0. The van der Waals surface area contributed by atoms with Crippen LogP contribution in [0.5, 0.6) is 11.5 Å². The number of phenolic OH excluding ortho intramolecular Hbond substituents is 1. The average Bonchev–Trinajstić information content (AvgIpc) is 3.11. The number of ether oxygens (including phenoxy) is 1. The fourth-order valence-electron chi connectivity index (χ4n) is 2.92. The molecule has 0 radical (unpaired) electrons. The fraction of sp³-hybridized carbons (Fsp3) is 0.100. The quantitative estimate of drug-likeness (QED) is 0.551. The first kappa shape index (κ1) is 17.8. The maximum absolute atomic E-state index is 13.0. The fourth-order valence-corrected chi connectivity index (χ4v) is 2.92. The number of rotatable bonds is 3. The molecule has 0 saturated heterocycles. The lowest BCUT2D eigenvalue weighted by molar-refractivity contribution is -0.137. The molecule has 4 rings (SSSR count). The van der Waals surface area contributed by atoms with Crippen LogP contribution in [0.15, 0.2) is 60.8 Å². The molecule has 0 aliphatic heterocycles. The summed E-state index contributed by atoms with van der Waals surface area (Å²) in [5.74, 6) is 0.291. The van der Waals surface area contributed by atoms with Gasteiger partial charge >= 0.3 is 6.18 Å². The van der Waals surface area contributed by atoms with Gasteiger partial charge in [0.25, 0.3) is 0 Å². The molecule has 0 amide bonds. The predicted molar refractivity (Wildman–Crippen MR) is 97.1 cm³/mol. The molecule has 2 aromatic carbocycles. The van der Waals surface area contributed by atoms with Crippen molar-refractivity contribution >= 4 is 5.65 Å². The highest BCUT2D eigenvalue weighted by Crippen LogP contribution is 2.33. The Hall–Kier alpha value is -3.55. The molecule has 5 nitrogen and oxygen atoms in total. The Morgan fingerprint density at radius 1 is 1.00 bits per heavy atom. The highest BCUT2D eigenvalue weighted by molar-refractivity contribution is 5.68. The van der Waals surface area contributed by atoms with Crippen molar-refractivity contribution in [3.05, 3.63) is 66.4 Å². The highest BCUT2D eigenvalue weighted by atomic mass is 19.4. The summed E-state index contributed by atoms with van der Waals surface area (Å²) in [6.45, 7) is 0. The number of aromatic nitrogens is 3. The second-order valence-corrected chi connectivity index (χ2v) is 6.10. The molecule has 0 aliphatic rings. The van der Waals surface area contributed by atoms with E-state index >= 15 is 0 Å². The summed E-state index contributed by atoms with van der Waals surface area (Å²) < 4.78 is 45.7. The lowest BCUT2D eigenvalue weighted by Crippen LogP contribution is -2.05. The normalized spacial score (nSPS) is 11.7. The van der Waals surface area contributed by atoms with Gasteiger partial charge in [-0.3, -0.25) is 0 Å². The van der Waals surface area contributed by atoms with Gasteiger partial charge in [0.05, 0.1) is 30.3 Å². The second-order valence-electron chi connectivity index (χ2n) is 6.10. The van der Waals surface area contributed by atoms with E-state index in [1.54, 1.807) is 41.0 Å². The molecule has 0 aliphatic carbocycles. The monoisotopic (exact) mass is 385 g/mol. The molecule has 0 saturated carbocycles. The molecule has 8 heteroatoms. The topological polar surface area (TPSA) is 59.7 Å². The number of alkyl halides is 3. The van der Waals surface area contributed by atoms with Gasteiger partial charge in [0, 0.05) is 11.1 Å². The van der Waals surface area contributed by atoms with Crippen molar-refractivity contribution in [1.29, 1.82) is 0 Å².